The maximum Gasteiger partial charge on any atom is 0.233 e. The Morgan fingerprint density at radius 2 is 2.43 bits per heavy atom. The molecule has 0 spiro atoms. The fraction of sp³-hybridized carbons (Fsp3) is 0.900. The summed E-state index contributed by atoms with van der Waals surface area (Å²) in [5.74, 6) is 0.178. The first-order valence-electron chi connectivity index (χ1n) is 5.28. The van der Waals surface area contributed by atoms with Gasteiger partial charge < -0.3 is 10.4 Å². The maximum atomic E-state index is 11.6. The van der Waals surface area contributed by atoms with Crippen LogP contribution in [-0.2, 0) is 4.79 Å². The van der Waals surface area contributed by atoms with Crippen molar-refractivity contribution in [2.45, 2.75) is 43.1 Å². The molecule has 0 radical (unpaired) electrons. The second-order valence-corrected chi connectivity index (χ2v) is 5.38. The van der Waals surface area contributed by atoms with Gasteiger partial charge in [0, 0.05) is 18.4 Å². The molecule has 1 amide bonds. The van der Waals surface area contributed by atoms with E-state index >= 15 is 0 Å². The van der Waals surface area contributed by atoms with Gasteiger partial charge in [0.1, 0.15) is 0 Å². The van der Waals surface area contributed by atoms with Crippen molar-refractivity contribution in [2.24, 2.45) is 0 Å². The van der Waals surface area contributed by atoms with E-state index in [0.717, 1.165) is 32.2 Å². The monoisotopic (exact) mass is 217 g/mol. The van der Waals surface area contributed by atoms with Crippen LogP contribution < -0.4 is 5.32 Å². The number of aliphatic hydroxyl groups excluding tert-OH is 1. The highest BCUT2D eigenvalue weighted by atomic mass is 32.2. The zero-order valence-electron chi connectivity index (χ0n) is 8.66. The van der Waals surface area contributed by atoms with Gasteiger partial charge >= 0.3 is 0 Å². The zero-order chi connectivity index (χ0) is 10.4. The van der Waals surface area contributed by atoms with Gasteiger partial charge in [0.25, 0.3) is 0 Å². The van der Waals surface area contributed by atoms with Gasteiger partial charge in [-0.2, -0.15) is 0 Å². The average Bonchev–Trinajstić information content (AvgIpc) is 2.33. The molecule has 1 aliphatic rings. The Morgan fingerprint density at radius 3 is 3.14 bits per heavy atom. The van der Waals surface area contributed by atoms with Crippen molar-refractivity contribution in [3.05, 3.63) is 0 Å². The summed E-state index contributed by atoms with van der Waals surface area (Å²) in [6.45, 7) is 3.10. The number of carbonyl (C=O) groups excluding carboxylic acids is 1. The van der Waals surface area contributed by atoms with Crippen LogP contribution in [0.4, 0.5) is 0 Å². The molecule has 14 heavy (non-hydrogen) atoms. The van der Waals surface area contributed by atoms with Crippen LogP contribution in [0.3, 0.4) is 0 Å². The third-order valence-electron chi connectivity index (χ3n) is 2.42. The first kappa shape index (κ1) is 11.9. The number of hydrogen-bond acceptors (Lipinski definition) is 3. The summed E-state index contributed by atoms with van der Waals surface area (Å²) in [5.41, 5.74) is 0. The van der Waals surface area contributed by atoms with Crippen LogP contribution in [0.15, 0.2) is 0 Å². The van der Waals surface area contributed by atoms with E-state index in [1.807, 2.05) is 0 Å². The fourth-order valence-electron chi connectivity index (χ4n) is 1.57. The van der Waals surface area contributed by atoms with E-state index in [-0.39, 0.29) is 17.8 Å². The van der Waals surface area contributed by atoms with Crippen molar-refractivity contribution in [1.82, 2.24) is 5.32 Å². The lowest BCUT2D eigenvalue weighted by molar-refractivity contribution is -0.120. The van der Waals surface area contributed by atoms with E-state index in [9.17, 15) is 4.79 Å². The van der Waals surface area contributed by atoms with E-state index in [0.29, 0.717) is 5.25 Å². The third kappa shape index (κ3) is 3.88. The molecule has 1 fully saturated rings. The van der Waals surface area contributed by atoms with Crippen LogP contribution in [0.1, 0.15) is 32.6 Å². The van der Waals surface area contributed by atoms with Gasteiger partial charge in [-0.05, 0) is 19.3 Å². The van der Waals surface area contributed by atoms with Crippen LogP contribution in [0.25, 0.3) is 0 Å². The number of thioether (sulfide) groups is 1. The number of carbonyl (C=O) groups is 1. The maximum absolute atomic E-state index is 11.6. The molecular formula is C10H19NO2S. The molecule has 1 heterocycles. The molecule has 2 N–H and O–H groups in total. The summed E-state index contributed by atoms with van der Waals surface area (Å²) >= 11 is 1.69. The number of nitrogens with one attached hydrogen (secondary N) is 1. The van der Waals surface area contributed by atoms with Crippen molar-refractivity contribution in [1.29, 1.82) is 0 Å². The van der Waals surface area contributed by atoms with Crippen LogP contribution in [0, 0.1) is 0 Å². The van der Waals surface area contributed by atoms with E-state index in [4.69, 9.17) is 5.11 Å². The Balaban J connectivity index is 2.36. The van der Waals surface area contributed by atoms with Gasteiger partial charge in [-0.25, -0.2) is 0 Å². The number of amides is 1. The van der Waals surface area contributed by atoms with Crippen LogP contribution in [-0.4, -0.2) is 34.7 Å². The summed E-state index contributed by atoms with van der Waals surface area (Å²) in [7, 11) is 0. The first-order chi connectivity index (χ1) is 6.74. The first-order valence-corrected chi connectivity index (χ1v) is 6.22. The Kier molecular flexibility index (Phi) is 5.33. The SMILES string of the molecule is CC(CCO)SC1CCCCNC1=O. The predicted octanol–water partition coefficient (Wildman–Crippen LogP) is 1.16. The largest absolute Gasteiger partial charge is 0.396 e. The quantitative estimate of drug-likeness (QED) is 0.743. The molecule has 0 bridgehead atoms. The second kappa shape index (κ2) is 6.30. The molecule has 1 aliphatic heterocycles. The molecule has 2 atom stereocenters. The van der Waals surface area contributed by atoms with Gasteiger partial charge in [0.15, 0.2) is 0 Å². The molecular weight excluding hydrogens is 198 g/mol. The van der Waals surface area contributed by atoms with Crippen molar-refractivity contribution >= 4 is 17.7 Å². The number of rotatable bonds is 4. The fourth-order valence-corrected chi connectivity index (χ4v) is 2.88. The Labute approximate surface area is 89.6 Å². The van der Waals surface area contributed by atoms with E-state index in [1.165, 1.54) is 0 Å². The van der Waals surface area contributed by atoms with Crippen molar-refractivity contribution in [3.63, 3.8) is 0 Å². The summed E-state index contributed by atoms with van der Waals surface area (Å²) in [6, 6.07) is 0. The summed E-state index contributed by atoms with van der Waals surface area (Å²) < 4.78 is 0. The molecule has 1 rings (SSSR count). The predicted molar refractivity (Wildman–Crippen MR) is 59.4 cm³/mol. The van der Waals surface area contributed by atoms with E-state index in [1.54, 1.807) is 11.8 Å². The molecule has 3 nitrogen and oxygen atoms in total. The lowest BCUT2D eigenvalue weighted by Crippen LogP contribution is -2.31. The Hall–Kier alpha value is -0.220. The molecule has 82 valence electrons. The molecule has 0 aromatic carbocycles. The third-order valence-corrected chi connectivity index (χ3v) is 3.90. The molecule has 1 saturated heterocycles. The van der Waals surface area contributed by atoms with Crippen molar-refractivity contribution in [3.8, 4) is 0 Å². The number of hydrogen-bond donors (Lipinski definition) is 2. The highest BCUT2D eigenvalue weighted by Crippen LogP contribution is 2.25. The molecule has 4 heteroatoms. The topological polar surface area (TPSA) is 49.3 Å². The molecule has 0 saturated carbocycles. The van der Waals surface area contributed by atoms with Gasteiger partial charge in [0.05, 0.1) is 5.25 Å². The van der Waals surface area contributed by atoms with Gasteiger partial charge in [0.2, 0.25) is 5.91 Å². The smallest absolute Gasteiger partial charge is 0.233 e. The molecule has 0 aromatic rings. The molecule has 2 unspecified atom stereocenters. The molecule has 0 aromatic heterocycles. The minimum Gasteiger partial charge on any atom is -0.396 e. The summed E-state index contributed by atoms with van der Waals surface area (Å²) in [4.78, 5) is 11.6. The van der Waals surface area contributed by atoms with Crippen LogP contribution in [0.2, 0.25) is 0 Å². The van der Waals surface area contributed by atoms with Crippen LogP contribution >= 0.6 is 11.8 Å². The van der Waals surface area contributed by atoms with Gasteiger partial charge in [-0.1, -0.05) is 13.3 Å². The Bertz CT molecular complexity index is 187. The van der Waals surface area contributed by atoms with Gasteiger partial charge in [-0.15, -0.1) is 11.8 Å². The highest BCUT2D eigenvalue weighted by Gasteiger charge is 2.22. The highest BCUT2D eigenvalue weighted by molar-refractivity contribution is 8.01. The summed E-state index contributed by atoms with van der Waals surface area (Å²) in [6.07, 6.45) is 3.97. The average molecular weight is 217 g/mol. The van der Waals surface area contributed by atoms with Crippen molar-refractivity contribution in [2.75, 3.05) is 13.2 Å². The normalized spacial score (nSPS) is 25.3. The lowest BCUT2D eigenvalue weighted by atomic mass is 10.2. The standard InChI is InChI=1S/C10H19NO2S/c1-8(5-7-12)14-9-4-2-3-6-11-10(9)13/h8-9,12H,2-7H2,1H3,(H,11,13). The minimum absolute atomic E-state index is 0.0963. The van der Waals surface area contributed by atoms with E-state index < -0.39 is 0 Å². The van der Waals surface area contributed by atoms with Gasteiger partial charge in [-0.3, -0.25) is 4.79 Å². The second-order valence-electron chi connectivity index (χ2n) is 3.73. The van der Waals surface area contributed by atoms with E-state index in [2.05, 4.69) is 12.2 Å². The van der Waals surface area contributed by atoms with Crippen molar-refractivity contribution < 1.29 is 9.90 Å². The number of aliphatic hydroxyl groups is 1. The zero-order valence-corrected chi connectivity index (χ0v) is 9.48. The minimum atomic E-state index is 0.0963. The lowest BCUT2D eigenvalue weighted by Gasteiger charge is -2.17. The van der Waals surface area contributed by atoms with Crippen LogP contribution in [0.5, 0.6) is 0 Å². The molecule has 0 aliphatic carbocycles. The Morgan fingerprint density at radius 1 is 1.64 bits per heavy atom. The summed E-state index contributed by atoms with van der Waals surface area (Å²) in [5, 5.41) is 12.2.